The van der Waals surface area contributed by atoms with E-state index in [9.17, 15) is 0 Å². The number of hydrogen-bond donors (Lipinski definition) is 1. The number of rotatable bonds is 5. The van der Waals surface area contributed by atoms with Crippen molar-refractivity contribution in [1.29, 1.82) is 0 Å². The van der Waals surface area contributed by atoms with Gasteiger partial charge in [0.25, 0.3) is 0 Å². The Morgan fingerprint density at radius 3 is 2.94 bits per heavy atom. The molecule has 1 heterocycles. The van der Waals surface area contributed by atoms with E-state index in [1.165, 1.54) is 9.71 Å². The van der Waals surface area contributed by atoms with Crippen LogP contribution in [0.3, 0.4) is 0 Å². The topological polar surface area (TPSA) is 38.9 Å². The van der Waals surface area contributed by atoms with Crippen LogP contribution in [0.1, 0.15) is 31.2 Å². The zero-order valence-electron chi connectivity index (χ0n) is 9.65. The normalized spacial score (nSPS) is 13.1. The molecule has 2 aromatic rings. The minimum absolute atomic E-state index is 0.356. The minimum Gasteiger partial charge on any atom is -0.328 e. The van der Waals surface area contributed by atoms with Gasteiger partial charge in [0.2, 0.25) is 0 Å². The summed E-state index contributed by atoms with van der Waals surface area (Å²) in [4.78, 5) is 4.61. The first-order valence-electron chi connectivity index (χ1n) is 5.89. The molecule has 2 N–H and O–H groups in total. The summed E-state index contributed by atoms with van der Waals surface area (Å²) in [6.07, 6.45) is 4.38. The first kappa shape index (κ1) is 11.6. The molecule has 0 aliphatic heterocycles. The molecule has 16 heavy (non-hydrogen) atoms. The van der Waals surface area contributed by atoms with Gasteiger partial charge >= 0.3 is 0 Å². The van der Waals surface area contributed by atoms with E-state index < -0.39 is 0 Å². The lowest BCUT2D eigenvalue weighted by Crippen LogP contribution is -2.18. The van der Waals surface area contributed by atoms with Gasteiger partial charge in [0.1, 0.15) is 0 Å². The van der Waals surface area contributed by atoms with Crippen LogP contribution in [-0.2, 0) is 6.42 Å². The molecular weight excluding hydrogens is 216 g/mol. The van der Waals surface area contributed by atoms with Crippen molar-refractivity contribution in [2.45, 2.75) is 38.6 Å². The van der Waals surface area contributed by atoms with Gasteiger partial charge in [-0.2, -0.15) is 0 Å². The highest BCUT2D eigenvalue weighted by atomic mass is 32.1. The number of fused-ring (bicyclic) bond motifs is 1. The van der Waals surface area contributed by atoms with E-state index in [-0.39, 0.29) is 0 Å². The molecule has 0 radical (unpaired) electrons. The number of nitrogens with two attached hydrogens (primary N) is 1. The average molecular weight is 234 g/mol. The second kappa shape index (κ2) is 5.41. The van der Waals surface area contributed by atoms with Crippen LogP contribution in [0, 0.1) is 0 Å². The second-order valence-electron chi connectivity index (χ2n) is 4.14. The Morgan fingerprint density at radius 2 is 2.19 bits per heavy atom. The van der Waals surface area contributed by atoms with Crippen LogP contribution in [0.2, 0.25) is 0 Å². The Hall–Kier alpha value is -0.930. The fourth-order valence-corrected chi connectivity index (χ4v) is 2.76. The standard InChI is InChI=1S/C13H18N2S/c1-2-10(14)6-5-9-13-15-11-7-3-4-8-12(11)16-13/h3-4,7-8,10H,2,5-6,9,14H2,1H3. The highest BCUT2D eigenvalue weighted by molar-refractivity contribution is 7.18. The molecule has 0 bridgehead atoms. The molecule has 3 heteroatoms. The van der Waals surface area contributed by atoms with Gasteiger partial charge in [-0.3, -0.25) is 0 Å². The number of hydrogen-bond acceptors (Lipinski definition) is 3. The van der Waals surface area contributed by atoms with Crippen LogP contribution in [0.25, 0.3) is 10.2 Å². The Morgan fingerprint density at radius 1 is 1.38 bits per heavy atom. The molecular formula is C13H18N2S. The van der Waals surface area contributed by atoms with E-state index in [0.717, 1.165) is 31.2 Å². The molecule has 1 atom stereocenters. The zero-order chi connectivity index (χ0) is 11.4. The van der Waals surface area contributed by atoms with E-state index in [2.05, 4.69) is 30.1 Å². The van der Waals surface area contributed by atoms with E-state index in [1.807, 2.05) is 6.07 Å². The SMILES string of the molecule is CCC(N)CCCc1nc2ccccc2s1. The molecule has 86 valence electrons. The molecule has 1 aromatic heterocycles. The monoisotopic (exact) mass is 234 g/mol. The molecule has 0 saturated carbocycles. The molecule has 1 unspecified atom stereocenters. The molecule has 2 nitrogen and oxygen atoms in total. The lowest BCUT2D eigenvalue weighted by atomic mass is 10.1. The summed E-state index contributed by atoms with van der Waals surface area (Å²) in [5.74, 6) is 0. The van der Waals surface area contributed by atoms with Gasteiger partial charge < -0.3 is 5.73 Å². The Labute approximate surface area is 101 Å². The number of aromatic nitrogens is 1. The van der Waals surface area contributed by atoms with Crippen LogP contribution in [-0.4, -0.2) is 11.0 Å². The summed E-state index contributed by atoms with van der Waals surface area (Å²) < 4.78 is 1.29. The molecule has 1 aromatic carbocycles. The molecule has 0 saturated heterocycles. The van der Waals surface area contributed by atoms with E-state index >= 15 is 0 Å². The van der Waals surface area contributed by atoms with Crippen molar-refractivity contribution in [2.75, 3.05) is 0 Å². The molecule has 2 rings (SSSR count). The summed E-state index contributed by atoms with van der Waals surface area (Å²) in [6.45, 7) is 2.14. The highest BCUT2D eigenvalue weighted by Gasteiger charge is 2.04. The minimum atomic E-state index is 0.356. The molecule has 0 spiro atoms. The van der Waals surface area contributed by atoms with Crippen LogP contribution >= 0.6 is 11.3 Å². The number of aryl methyl sites for hydroxylation is 1. The molecule has 0 aliphatic carbocycles. The summed E-state index contributed by atoms with van der Waals surface area (Å²) in [5, 5.41) is 1.24. The second-order valence-corrected chi connectivity index (χ2v) is 5.25. The van der Waals surface area contributed by atoms with Gasteiger partial charge in [0.15, 0.2) is 0 Å². The van der Waals surface area contributed by atoms with E-state index in [1.54, 1.807) is 11.3 Å². The fraction of sp³-hybridized carbons (Fsp3) is 0.462. The Kier molecular flexibility index (Phi) is 3.91. The highest BCUT2D eigenvalue weighted by Crippen LogP contribution is 2.22. The van der Waals surface area contributed by atoms with Gasteiger partial charge in [0, 0.05) is 6.04 Å². The van der Waals surface area contributed by atoms with Gasteiger partial charge in [-0.25, -0.2) is 4.98 Å². The number of para-hydroxylation sites is 1. The average Bonchev–Trinajstić information content (AvgIpc) is 2.71. The maximum atomic E-state index is 5.90. The van der Waals surface area contributed by atoms with Crippen molar-refractivity contribution in [3.8, 4) is 0 Å². The third-order valence-electron chi connectivity index (χ3n) is 2.83. The van der Waals surface area contributed by atoms with Gasteiger partial charge in [-0.05, 0) is 37.8 Å². The third-order valence-corrected chi connectivity index (χ3v) is 3.92. The van der Waals surface area contributed by atoms with Gasteiger partial charge in [-0.15, -0.1) is 11.3 Å². The Balaban J connectivity index is 1.94. The van der Waals surface area contributed by atoms with Crippen LogP contribution in [0.5, 0.6) is 0 Å². The molecule has 0 fully saturated rings. The van der Waals surface area contributed by atoms with E-state index in [0.29, 0.717) is 6.04 Å². The summed E-state index contributed by atoms with van der Waals surface area (Å²) in [5.41, 5.74) is 7.02. The van der Waals surface area contributed by atoms with Gasteiger partial charge in [-0.1, -0.05) is 19.1 Å². The van der Waals surface area contributed by atoms with Crippen molar-refractivity contribution >= 4 is 21.6 Å². The van der Waals surface area contributed by atoms with Crippen LogP contribution in [0.4, 0.5) is 0 Å². The number of thiazole rings is 1. The zero-order valence-corrected chi connectivity index (χ0v) is 10.5. The quantitative estimate of drug-likeness (QED) is 0.861. The Bertz CT molecular complexity index is 417. The van der Waals surface area contributed by atoms with Crippen LogP contribution < -0.4 is 5.73 Å². The maximum absolute atomic E-state index is 5.90. The number of nitrogens with zero attached hydrogens (tertiary/aromatic N) is 1. The lowest BCUT2D eigenvalue weighted by molar-refractivity contribution is 0.568. The first-order valence-corrected chi connectivity index (χ1v) is 6.71. The van der Waals surface area contributed by atoms with E-state index in [4.69, 9.17) is 5.73 Å². The smallest absolute Gasteiger partial charge is 0.0938 e. The predicted octanol–water partition coefficient (Wildman–Crippen LogP) is 3.36. The molecule has 0 amide bonds. The lowest BCUT2D eigenvalue weighted by Gasteiger charge is -2.06. The van der Waals surface area contributed by atoms with Gasteiger partial charge in [0.05, 0.1) is 15.2 Å². The first-order chi connectivity index (χ1) is 7.79. The third kappa shape index (κ3) is 2.80. The predicted molar refractivity (Wildman–Crippen MR) is 70.8 cm³/mol. The summed E-state index contributed by atoms with van der Waals surface area (Å²) in [6, 6.07) is 8.67. The summed E-state index contributed by atoms with van der Waals surface area (Å²) in [7, 11) is 0. The maximum Gasteiger partial charge on any atom is 0.0938 e. The number of benzene rings is 1. The van der Waals surface area contributed by atoms with Crippen molar-refractivity contribution in [2.24, 2.45) is 5.73 Å². The van der Waals surface area contributed by atoms with Crippen molar-refractivity contribution in [3.63, 3.8) is 0 Å². The van der Waals surface area contributed by atoms with Crippen LogP contribution in [0.15, 0.2) is 24.3 Å². The largest absolute Gasteiger partial charge is 0.328 e. The summed E-state index contributed by atoms with van der Waals surface area (Å²) >= 11 is 1.80. The van der Waals surface area contributed by atoms with Crippen molar-refractivity contribution in [3.05, 3.63) is 29.3 Å². The van der Waals surface area contributed by atoms with Crippen molar-refractivity contribution in [1.82, 2.24) is 4.98 Å². The van der Waals surface area contributed by atoms with Crippen molar-refractivity contribution < 1.29 is 0 Å². The fourth-order valence-electron chi connectivity index (χ4n) is 1.75. The molecule has 0 aliphatic rings.